The highest BCUT2D eigenvalue weighted by Crippen LogP contribution is 2.32. The topological polar surface area (TPSA) is 54.4 Å². The molecule has 2 unspecified atom stereocenters. The first-order valence-corrected chi connectivity index (χ1v) is 8.10. The number of sulfone groups is 1. The highest BCUT2D eigenvalue weighted by Gasteiger charge is 2.30. The van der Waals surface area contributed by atoms with Crippen molar-refractivity contribution in [2.24, 2.45) is 5.92 Å². The minimum Gasteiger partial charge on any atom is -0.388 e. The molecule has 0 radical (unpaired) electrons. The molecule has 1 fully saturated rings. The van der Waals surface area contributed by atoms with E-state index in [1.54, 1.807) is 11.3 Å². The molecular weight excluding hydrogens is 244 g/mol. The molecule has 2 heterocycles. The van der Waals surface area contributed by atoms with Crippen LogP contribution in [0.4, 0.5) is 0 Å². The SMILES string of the molecule is Cc1ccsc1C(O)CC1CCS(=O)(=O)C1. The Hall–Kier alpha value is -0.390. The number of hydrogen-bond acceptors (Lipinski definition) is 4. The molecular formula is C11H16O3S2. The van der Waals surface area contributed by atoms with E-state index >= 15 is 0 Å². The van der Waals surface area contributed by atoms with Crippen LogP contribution in [0.3, 0.4) is 0 Å². The first-order valence-electron chi connectivity index (χ1n) is 5.40. The van der Waals surface area contributed by atoms with Crippen LogP contribution in [0.5, 0.6) is 0 Å². The third-order valence-corrected chi connectivity index (χ3v) is 6.04. The summed E-state index contributed by atoms with van der Waals surface area (Å²) in [7, 11) is -2.83. The van der Waals surface area contributed by atoms with Crippen LogP contribution in [-0.4, -0.2) is 25.0 Å². The van der Waals surface area contributed by atoms with E-state index in [9.17, 15) is 13.5 Å². The molecule has 2 atom stereocenters. The molecule has 1 saturated heterocycles. The largest absolute Gasteiger partial charge is 0.388 e. The normalized spacial score (nSPS) is 25.8. The zero-order chi connectivity index (χ0) is 11.8. The van der Waals surface area contributed by atoms with Gasteiger partial charge in [-0.25, -0.2) is 8.42 Å². The van der Waals surface area contributed by atoms with Crippen LogP contribution in [0.25, 0.3) is 0 Å². The van der Waals surface area contributed by atoms with Crippen molar-refractivity contribution >= 4 is 21.2 Å². The lowest BCUT2D eigenvalue weighted by atomic mass is 9.99. The van der Waals surface area contributed by atoms with Crippen molar-refractivity contribution in [1.82, 2.24) is 0 Å². The standard InChI is InChI=1S/C11H16O3S2/c1-8-2-4-15-11(8)10(12)6-9-3-5-16(13,14)7-9/h2,4,9-10,12H,3,5-7H2,1H3. The quantitative estimate of drug-likeness (QED) is 0.903. The van der Waals surface area contributed by atoms with Crippen molar-refractivity contribution in [3.63, 3.8) is 0 Å². The van der Waals surface area contributed by atoms with E-state index in [0.29, 0.717) is 12.8 Å². The molecule has 5 heteroatoms. The van der Waals surface area contributed by atoms with Crippen LogP contribution in [0, 0.1) is 12.8 Å². The van der Waals surface area contributed by atoms with Gasteiger partial charge in [-0.05, 0) is 42.7 Å². The van der Waals surface area contributed by atoms with Gasteiger partial charge in [0.1, 0.15) is 0 Å². The molecule has 1 N–H and O–H groups in total. The Morgan fingerprint density at radius 3 is 2.88 bits per heavy atom. The smallest absolute Gasteiger partial charge is 0.150 e. The average Bonchev–Trinajstić information content (AvgIpc) is 2.72. The summed E-state index contributed by atoms with van der Waals surface area (Å²) in [6.07, 6.45) is 0.767. The molecule has 0 spiro atoms. The third-order valence-electron chi connectivity index (χ3n) is 3.09. The molecule has 1 aromatic heterocycles. The second-order valence-corrected chi connectivity index (χ2v) is 7.66. The van der Waals surface area contributed by atoms with E-state index in [2.05, 4.69) is 0 Å². The minimum absolute atomic E-state index is 0.126. The van der Waals surface area contributed by atoms with Gasteiger partial charge in [-0.1, -0.05) is 0 Å². The van der Waals surface area contributed by atoms with E-state index in [-0.39, 0.29) is 17.4 Å². The van der Waals surface area contributed by atoms with Gasteiger partial charge in [0.05, 0.1) is 17.6 Å². The summed E-state index contributed by atoms with van der Waals surface area (Å²) in [5.41, 5.74) is 1.10. The van der Waals surface area contributed by atoms with Crippen molar-refractivity contribution in [3.05, 3.63) is 21.9 Å². The fraction of sp³-hybridized carbons (Fsp3) is 0.636. The van der Waals surface area contributed by atoms with Crippen LogP contribution < -0.4 is 0 Å². The molecule has 16 heavy (non-hydrogen) atoms. The zero-order valence-corrected chi connectivity index (χ0v) is 10.9. The first kappa shape index (κ1) is 12.1. The van der Waals surface area contributed by atoms with Crippen molar-refractivity contribution in [2.45, 2.75) is 25.9 Å². The highest BCUT2D eigenvalue weighted by molar-refractivity contribution is 7.91. The van der Waals surface area contributed by atoms with E-state index in [1.807, 2.05) is 18.4 Å². The molecule has 0 aromatic carbocycles. The molecule has 0 amide bonds. The van der Waals surface area contributed by atoms with Gasteiger partial charge in [-0.2, -0.15) is 0 Å². The number of aliphatic hydroxyl groups is 1. The van der Waals surface area contributed by atoms with Gasteiger partial charge in [-0.3, -0.25) is 0 Å². The Balaban J connectivity index is 1.99. The van der Waals surface area contributed by atoms with Crippen LogP contribution in [-0.2, 0) is 9.84 Å². The molecule has 1 aromatic rings. The van der Waals surface area contributed by atoms with Crippen molar-refractivity contribution in [1.29, 1.82) is 0 Å². The molecule has 3 nitrogen and oxygen atoms in total. The molecule has 2 rings (SSSR count). The Bertz CT molecular complexity index is 461. The number of aryl methyl sites for hydroxylation is 1. The van der Waals surface area contributed by atoms with Crippen LogP contribution >= 0.6 is 11.3 Å². The van der Waals surface area contributed by atoms with Gasteiger partial charge in [0.15, 0.2) is 9.84 Å². The second kappa shape index (κ2) is 4.47. The van der Waals surface area contributed by atoms with Gasteiger partial charge in [0.2, 0.25) is 0 Å². The summed E-state index contributed by atoms with van der Waals surface area (Å²) in [5, 5.41) is 12.0. The lowest BCUT2D eigenvalue weighted by molar-refractivity contribution is 0.151. The lowest BCUT2D eigenvalue weighted by Crippen LogP contribution is -2.09. The summed E-state index contributed by atoms with van der Waals surface area (Å²) in [6.45, 7) is 1.97. The maximum atomic E-state index is 11.3. The van der Waals surface area contributed by atoms with Crippen molar-refractivity contribution in [2.75, 3.05) is 11.5 Å². The molecule has 90 valence electrons. The zero-order valence-electron chi connectivity index (χ0n) is 9.22. The van der Waals surface area contributed by atoms with Gasteiger partial charge >= 0.3 is 0 Å². The van der Waals surface area contributed by atoms with Crippen molar-refractivity contribution in [3.8, 4) is 0 Å². The summed E-state index contributed by atoms with van der Waals surface area (Å²) in [5.74, 6) is 0.656. The second-order valence-electron chi connectivity index (χ2n) is 4.49. The highest BCUT2D eigenvalue weighted by atomic mass is 32.2. The van der Waals surface area contributed by atoms with Gasteiger partial charge in [0, 0.05) is 4.88 Å². The number of hydrogen-bond donors (Lipinski definition) is 1. The van der Waals surface area contributed by atoms with Crippen molar-refractivity contribution < 1.29 is 13.5 Å². The number of aliphatic hydroxyl groups excluding tert-OH is 1. The Morgan fingerprint density at radius 1 is 1.62 bits per heavy atom. The van der Waals surface area contributed by atoms with Crippen LogP contribution in [0.2, 0.25) is 0 Å². The number of thiophene rings is 1. The van der Waals surface area contributed by atoms with E-state index in [4.69, 9.17) is 0 Å². The molecule has 1 aliphatic rings. The van der Waals surface area contributed by atoms with E-state index < -0.39 is 15.9 Å². The molecule has 0 saturated carbocycles. The van der Waals surface area contributed by atoms with Crippen LogP contribution in [0.1, 0.15) is 29.4 Å². The maximum absolute atomic E-state index is 11.3. The molecule has 1 aliphatic heterocycles. The average molecular weight is 260 g/mol. The van der Waals surface area contributed by atoms with Gasteiger partial charge in [-0.15, -0.1) is 11.3 Å². The monoisotopic (exact) mass is 260 g/mol. The maximum Gasteiger partial charge on any atom is 0.150 e. The number of rotatable bonds is 3. The summed E-state index contributed by atoms with van der Waals surface area (Å²) < 4.78 is 22.6. The summed E-state index contributed by atoms with van der Waals surface area (Å²) >= 11 is 1.54. The Labute approximate surface area is 100 Å². The minimum atomic E-state index is -2.83. The Kier molecular flexibility index (Phi) is 3.37. The predicted molar refractivity (Wildman–Crippen MR) is 65.4 cm³/mol. The van der Waals surface area contributed by atoms with E-state index in [1.165, 1.54) is 0 Å². The summed E-state index contributed by atoms with van der Waals surface area (Å²) in [6, 6.07) is 1.98. The van der Waals surface area contributed by atoms with E-state index in [0.717, 1.165) is 10.4 Å². The third kappa shape index (κ3) is 2.64. The van der Waals surface area contributed by atoms with Crippen LogP contribution in [0.15, 0.2) is 11.4 Å². The first-order chi connectivity index (χ1) is 7.48. The molecule has 0 bridgehead atoms. The predicted octanol–water partition coefficient (Wildman–Crippen LogP) is 1.91. The lowest BCUT2D eigenvalue weighted by Gasteiger charge is -2.13. The molecule has 0 aliphatic carbocycles. The fourth-order valence-electron chi connectivity index (χ4n) is 2.21. The Morgan fingerprint density at radius 2 is 2.38 bits per heavy atom. The fourth-order valence-corrected chi connectivity index (χ4v) is 5.01. The van der Waals surface area contributed by atoms with Gasteiger partial charge < -0.3 is 5.11 Å². The summed E-state index contributed by atoms with van der Waals surface area (Å²) in [4.78, 5) is 0.976. The van der Waals surface area contributed by atoms with Gasteiger partial charge in [0.25, 0.3) is 0 Å².